The maximum atomic E-state index is 12.2. The minimum Gasteiger partial charge on any atom is -0.453 e. The van der Waals surface area contributed by atoms with Crippen molar-refractivity contribution in [2.45, 2.75) is 20.3 Å². The van der Waals surface area contributed by atoms with Crippen molar-refractivity contribution in [1.29, 1.82) is 0 Å². The van der Waals surface area contributed by atoms with Gasteiger partial charge in [-0.05, 0) is 18.1 Å². The number of fused-ring (bicyclic) bond motifs is 1. The summed E-state index contributed by atoms with van der Waals surface area (Å²) >= 11 is 1.49. The molecule has 0 aliphatic carbocycles. The van der Waals surface area contributed by atoms with Crippen molar-refractivity contribution in [1.82, 2.24) is 10.2 Å². The summed E-state index contributed by atoms with van der Waals surface area (Å²) in [6.07, 6.45) is 0.900. The van der Waals surface area contributed by atoms with Crippen LogP contribution < -0.4 is 5.32 Å². The molecule has 6 heteroatoms. The topological polar surface area (TPSA) is 68.0 Å². The minimum absolute atomic E-state index is 0.100. The number of benzene rings is 1. The summed E-state index contributed by atoms with van der Waals surface area (Å²) in [5.41, 5.74) is 0.723. The van der Waals surface area contributed by atoms with Gasteiger partial charge in [-0.25, -0.2) is 0 Å². The molecule has 2 heterocycles. The van der Waals surface area contributed by atoms with Crippen LogP contribution in [0.25, 0.3) is 11.0 Å². The zero-order valence-electron chi connectivity index (χ0n) is 12.5. The number of hydrogen-bond acceptors (Lipinski definition) is 6. The lowest BCUT2D eigenvalue weighted by Crippen LogP contribution is -2.13. The van der Waals surface area contributed by atoms with Crippen LogP contribution in [0.2, 0.25) is 0 Å². The number of aromatic nitrogens is 2. The van der Waals surface area contributed by atoms with Gasteiger partial charge in [0.1, 0.15) is 10.6 Å². The average molecular weight is 315 g/mol. The summed E-state index contributed by atoms with van der Waals surface area (Å²) in [7, 11) is 0. The Kier molecular flexibility index (Phi) is 4.20. The van der Waals surface area contributed by atoms with Crippen LogP contribution in [0.15, 0.2) is 34.7 Å². The molecule has 0 saturated carbocycles. The molecule has 5 nitrogen and oxygen atoms in total. The highest BCUT2D eigenvalue weighted by molar-refractivity contribution is 7.15. The first-order valence-electron chi connectivity index (χ1n) is 7.20. The first-order chi connectivity index (χ1) is 10.6. The molecule has 0 unspecified atom stereocenters. The lowest BCUT2D eigenvalue weighted by molar-refractivity contribution is 0.0982. The zero-order chi connectivity index (χ0) is 15.5. The van der Waals surface area contributed by atoms with E-state index >= 15 is 0 Å². The van der Waals surface area contributed by atoms with E-state index in [1.807, 2.05) is 24.3 Å². The molecule has 3 rings (SSSR count). The summed E-state index contributed by atoms with van der Waals surface area (Å²) in [6, 6.07) is 9.34. The third-order valence-corrected chi connectivity index (χ3v) is 4.05. The van der Waals surface area contributed by atoms with Gasteiger partial charge in [0, 0.05) is 11.8 Å². The number of anilines is 1. The zero-order valence-corrected chi connectivity index (χ0v) is 13.3. The van der Waals surface area contributed by atoms with Crippen LogP contribution >= 0.6 is 11.3 Å². The molecular formula is C16H17N3O2S. The largest absolute Gasteiger partial charge is 0.453 e. The number of hydrogen-bond donors (Lipinski definition) is 1. The van der Waals surface area contributed by atoms with E-state index in [4.69, 9.17) is 4.42 Å². The second kappa shape index (κ2) is 6.27. The minimum atomic E-state index is -0.100. The Morgan fingerprint density at radius 3 is 2.91 bits per heavy atom. The van der Waals surface area contributed by atoms with Gasteiger partial charge in [-0.3, -0.25) is 4.79 Å². The second-order valence-electron chi connectivity index (χ2n) is 5.52. The predicted octanol–water partition coefficient (Wildman–Crippen LogP) is 3.78. The molecule has 22 heavy (non-hydrogen) atoms. The number of carbonyl (C=O) groups is 1. The van der Waals surface area contributed by atoms with Crippen LogP contribution in [0.4, 0.5) is 5.13 Å². The van der Waals surface area contributed by atoms with E-state index in [0.29, 0.717) is 16.8 Å². The van der Waals surface area contributed by atoms with E-state index in [1.165, 1.54) is 11.3 Å². The molecule has 0 amide bonds. The molecule has 0 saturated heterocycles. The summed E-state index contributed by atoms with van der Waals surface area (Å²) in [5.74, 6) is 0.801. The smallest absolute Gasteiger partial charge is 0.217 e. The molecule has 0 bridgehead atoms. The van der Waals surface area contributed by atoms with Crippen LogP contribution in [-0.4, -0.2) is 22.5 Å². The van der Waals surface area contributed by atoms with E-state index in [1.54, 1.807) is 6.07 Å². The van der Waals surface area contributed by atoms with Crippen LogP contribution in [0.1, 0.15) is 29.4 Å². The van der Waals surface area contributed by atoms with E-state index in [0.717, 1.165) is 22.4 Å². The van der Waals surface area contributed by atoms with Gasteiger partial charge in [0.05, 0.1) is 6.54 Å². The van der Waals surface area contributed by atoms with E-state index in [9.17, 15) is 4.79 Å². The van der Waals surface area contributed by atoms with Gasteiger partial charge >= 0.3 is 0 Å². The average Bonchev–Trinajstić information content (AvgIpc) is 3.10. The molecular weight excluding hydrogens is 298 g/mol. The monoisotopic (exact) mass is 315 g/mol. The molecule has 2 aromatic heterocycles. The van der Waals surface area contributed by atoms with Crippen molar-refractivity contribution in [2.24, 2.45) is 5.92 Å². The van der Waals surface area contributed by atoms with E-state index in [-0.39, 0.29) is 12.3 Å². The number of Topliss-reactive ketones (excluding diaryl/α,β-unsaturated/α-hetero) is 1. The van der Waals surface area contributed by atoms with Crippen molar-refractivity contribution in [3.8, 4) is 0 Å². The first kappa shape index (κ1) is 14.7. The van der Waals surface area contributed by atoms with E-state index < -0.39 is 0 Å². The van der Waals surface area contributed by atoms with Crippen LogP contribution in [-0.2, 0) is 6.42 Å². The van der Waals surface area contributed by atoms with Gasteiger partial charge in [0.2, 0.25) is 10.9 Å². The van der Waals surface area contributed by atoms with Gasteiger partial charge in [-0.1, -0.05) is 43.4 Å². The maximum Gasteiger partial charge on any atom is 0.217 e. The number of carbonyl (C=O) groups excluding carboxylic acids is 1. The number of nitrogens with one attached hydrogen (secondary N) is 1. The van der Waals surface area contributed by atoms with Gasteiger partial charge in [-0.15, -0.1) is 10.2 Å². The normalized spacial score (nSPS) is 11.2. The molecule has 114 valence electrons. The van der Waals surface area contributed by atoms with Crippen molar-refractivity contribution < 1.29 is 9.21 Å². The third kappa shape index (κ3) is 3.33. The second-order valence-corrected chi connectivity index (χ2v) is 6.59. The van der Waals surface area contributed by atoms with Crippen molar-refractivity contribution in [3.05, 3.63) is 41.1 Å². The quantitative estimate of drug-likeness (QED) is 0.701. The summed E-state index contributed by atoms with van der Waals surface area (Å²) in [5, 5.41) is 13.8. The lowest BCUT2D eigenvalue weighted by atomic mass is 10.1. The molecule has 0 aliphatic heterocycles. The Morgan fingerprint density at radius 2 is 2.14 bits per heavy atom. The predicted molar refractivity (Wildman–Crippen MR) is 87.5 cm³/mol. The Labute approximate surface area is 132 Å². The highest BCUT2D eigenvalue weighted by atomic mass is 32.1. The maximum absolute atomic E-state index is 12.2. The Bertz CT molecular complexity index is 758. The van der Waals surface area contributed by atoms with Gasteiger partial charge in [0.15, 0.2) is 5.76 Å². The molecule has 0 atom stereocenters. The Hall–Kier alpha value is -2.21. The molecule has 0 fully saturated rings. The number of rotatable bonds is 6. The molecule has 0 radical (unpaired) electrons. The Balaban J connectivity index is 1.63. The van der Waals surface area contributed by atoms with Gasteiger partial charge in [-0.2, -0.15) is 0 Å². The molecule has 0 aliphatic rings. The van der Waals surface area contributed by atoms with Gasteiger partial charge in [0.25, 0.3) is 0 Å². The third-order valence-electron chi connectivity index (χ3n) is 3.15. The number of furan rings is 1. The lowest BCUT2D eigenvalue weighted by Gasteiger charge is -1.99. The first-order valence-corrected chi connectivity index (χ1v) is 8.01. The van der Waals surface area contributed by atoms with E-state index in [2.05, 4.69) is 29.4 Å². The van der Waals surface area contributed by atoms with Gasteiger partial charge < -0.3 is 9.73 Å². The van der Waals surface area contributed by atoms with Crippen LogP contribution in [0.5, 0.6) is 0 Å². The molecule has 0 spiro atoms. The van der Waals surface area contributed by atoms with Crippen LogP contribution in [0.3, 0.4) is 0 Å². The highest BCUT2D eigenvalue weighted by Gasteiger charge is 2.13. The van der Waals surface area contributed by atoms with Crippen molar-refractivity contribution in [3.63, 3.8) is 0 Å². The number of para-hydroxylation sites is 1. The Morgan fingerprint density at radius 1 is 1.32 bits per heavy atom. The van der Waals surface area contributed by atoms with Crippen molar-refractivity contribution in [2.75, 3.05) is 11.9 Å². The van der Waals surface area contributed by atoms with Crippen LogP contribution in [0, 0.1) is 5.92 Å². The fourth-order valence-corrected chi connectivity index (χ4v) is 3.07. The SMILES string of the molecule is CC(C)Cc1nnc(NCC(=O)c2cc3ccccc3o2)s1. The summed E-state index contributed by atoms with van der Waals surface area (Å²) in [6.45, 7) is 4.43. The molecule has 1 N–H and O–H groups in total. The number of nitrogens with zero attached hydrogens (tertiary/aromatic N) is 2. The molecule has 3 aromatic rings. The summed E-state index contributed by atoms with van der Waals surface area (Å²) < 4.78 is 5.55. The number of ketones is 1. The highest BCUT2D eigenvalue weighted by Crippen LogP contribution is 2.20. The fraction of sp³-hybridized carbons (Fsp3) is 0.312. The van der Waals surface area contributed by atoms with Crippen molar-refractivity contribution >= 4 is 33.2 Å². The summed E-state index contributed by atoms with van der Waals surface area (Å²) in [4.78, 5) is 12.2. The standard InChI is InChI=1S/C16H17N3O2S/c1-10(2)7-15-18-19-16(22-15)17-9-12(20)14-8-11-5-3-4-6-13(11)21-14/h3-6,8,10H,7,9H2,1-2H3,(H,17,19). The fourth-order valence-electron chi connectivity index (χ4n) is 2.12. The molecule has 1 aromatic carbocycles.